The maximum absolute atomic E-state index is 11.3. The van der Waals surface area contributed by atoms with E-state index in [1.807, 2.05) is 0 Å². The van der Waals surface area contributed by atoms with E-state index in [0.29, 0.717) is 17.8 Å². The smallest absolute Gasteiger partial charge is 0.303 e. The minimum absolute atomic E-state index is 0.127. The summed E-state index contributed by atoms with van der Waals surface area (Å²) in [7, 11) is 0. The van der Waals surface area contributed by atoms with Crippen LogP contribution >= 0.6 is 0 Å². The molecule has 0 aromatic heterocycles. The number of carbonyl (C=O) groups excluding carboxylic acids is 1. The first-order valence-electron chi connectivity index (χ1n) is 6.61. The van der Waals surface area contributed by atoms with Gasteiger partial charge in [0.25, 0.3) is 0 Å². The van der Waals surface area contributed by atoms with Crippen molar-refractivity contribution in [2.45, 2.75) is 65.9 Å². The Labute approximate surface area is 99.8 Å². The molecule has 94 valence electrons. The van der Waals surface area contributed by atoms with Crippen LogP contribution in [-0.4, -0.2) is 11.6 Å². The van der Waals surface area contributed by atoms with Crippen LogP contribution in [0.5, 0.6) is 0 Å². The van der Waals surface area contributed by atoms with Gasteiger partial charge in [0.1, 0.15) is 5.60 Å². The number of ether oxygens (including phenoxy) is 1. The molecule has 0 bridgehead atoms. The average Bonchev–Trinajstić information content (AvgIpc) is 2.20. The average molecular weight is 226 g/mol. The van der Waals surface area contributed by atoms with Gasteiger partial charge in [-0.05, 0) is 43.4 Å². The van der Waals surface area contributed by atoms with Crippen LogP contribution in [0, 0.1) is 17.8 Å². The molecule has 1 aliphatic rings. The molecule has 0 amide bonds. The highest BCUT2D eigenvalue weighted by Gasteiger charge is 2.43. The molecule has 3 atom stereocenters. The first-order valence-corrected chi connectivity index (χ1v) is 6.61. The van der Waals surface area contributed by atoms with Crippen LogP contribution in [0.2, 0.25) is 0 Å². The predicted octanol–water partition coefficient (Wildman–Crippen LogP) is 3.79. The molecule has 3 unspecified atom stereocenters. The van der Waals surface area contributed by atoms with E-state index in [1.165, 1.54) is 19.8 Å². The van der Waals surface area contributed by atoms with Crippen molar-refractivity contribution in [2.75, 3.05) is 0 Å². The highest BCUT2D eigenvalue weighted by atomic mass is 16.6. The van der Waals surface area contributed by atoms with Gasteiger partial charge in [-0.3, -0.25) is 4.79 Å². The number of carbonyl (C=O) groups is 1. The van der Waals surface area contributed by atoms with Crippen molar-refractivity contribution in [3.63, 3.8) is 0 Å². The van der Waals surface area contributed by atoms with Crippen LogP contribution < -0.4 is 0 Å². The summed E-state index contributed by atoms with van der Waals surface area (Å²) in [5.74, 6) is 1.76. The molecule has 0 heterocycles. The largest absolute Gasteiger partial charge is 0.459 e. The molecular weight excluding hydrogens is 200 g/mol. The van der Waals surface area contributed by atoms with E-state index in [9.17, 15) is 4.79 Å². The van der Waals surface area contributed by atoms with E-state index in [2.05, 4.69) is 27.7 Å². The summed E-state index contributed by atoms with van der Waals surface area (Å²) in [6.07, 6.45) is 4.45. The molecule has 1 saturated carbocycles. The van der Waals surface area contributed by atoms with Crippen molar-refractivity contribution in [1.29, 1.82) is 0 Å². The normalized spacial score (nSPS) is 35.1. The zero-order valence-corrected chi connectivity index (χ0v) is 11.4. The van der Waals surface area contributed by atoms with E-state index in [-0.39, 0.29) is 11.6 Å². The third-order valence-electron chi connectivity index (χ3n) is 4.36. The lowest BCUT2D eigenvalue weighted by molar-refractivity contribution is -0.171. The van der Waals surface area contributed by atoms with Crippen molar-refractivity contribution in [2.24, 2.45) is 17.8 Å². The number of esters is 1. The summed E-state index contributed by atoms with van der Waals surface area (Å²) in [5.41, 5.74) is -0.195. The molecule has 1 rings (SSSR count). The lowest BCUT2D eigenvalue weighted by Crippen LogP contribution is -2.46. The summed E-state index contributed by atoms with van der Waals surface area (Å²) in [4.78, 5) is 11.3. The topological polar surface area (TPSA) is 26.3 Å². The fourth-order valence-corrected chi connectivity index (χ4v) is 3.04. The van der Waals surface area contributed by atoms with Gasteiger partial charge in [-0.25, -0.2) is 0 Å². The van der Waals surface area contributed by atoms with E-state index < -0.39 is 0 Å². The van der Waals surface area contributed by atoms with Crippen molar-refractivity contribution in [1.82, 2.24) is 0 Å². The highest BCUT2D eigenvalue weighted by molar-refractivity contribution is 5.66. The van der Waals surface area contributed by atoms with Crippen LogP contribution in [0.1, 0.15) is 60.3 Å². The quantitative estimate of drug-likeness (QED) is 0.684. The third kappa shape index (κ3) is 2.78. The fourth-order valence-electron chi connectivity index (χ4n) is 3.04. The predicted molar refractivity (Wildman–Crippen MR) is 66.1 cm³/mol. The molecule has 0 aromatic carbocycles. The van der Waals surface area contributed by atoms with E-state index >= 15 is 0 Å². The van der Waals surface area contributed by atoms with Gasteiger partial charge in [0.15, 0.2) is 0 Å². The molecule has 1 fully saturated rings. The molecule has 0 spiro atoms. The second-order valence-electron chi connectivity index (χ2n) is 5.70. The van der Waals surface area contributed by atoms with Crippen LogP contribution in [0.4, 0.5) is 0 Å². The van der Waals surface area contributed by atoms with E-state index in [4.69, 9.17) is 4.74 Å². The number of hydrogen-bond donors (Lipinski definition) is 0. The number of hydrogen-bond acceptors (Lipinski definition) is 2. The zero-order valence-electron chi connectivity index (χ0n) is 11.4. The minimum Gasteiger partial charge on any atom is -0.459 e. The number of rotatable bonds is 3. The van der Waals surface area contributed by atoms with Gasteiger partial charge in [0.2, 0.25) is 0 Å². The maximum atomic E-state index is 11.3. The lowest BCUT2D eigenvalue weighted by atomic mass is 9.67. The van der Waals surface area contributed by atoms with Crippen LogP contribution in [0.3, 0.4) is 0 Å². The monoisotopic (exact) mass is 226 g/mol. The Balaban J connectivity index is 2.82. The van der Waals surface area contributed by atoms with Gasteiger partial charge in [0.05, 0.1) is 0 Å². The second-order valence-corrected chi connectivity index (χ2v) is 5.70. The lowest BCUT2D eigenvalue weighted by Gasteiger charge is -2.45. The van der Waals surface area contributed by atoms with Gasteiger partial charge >= 0.3 is 5.97 Å². The van der Waals surface area contributed by atoms with Crippen molar-refractivity contribution < 1.29 is 9.53 Å². The van der Waals surface area contributed by atoms with Crippen molar-refractivity contribution in [3.8, 4) is 0 Å². The molecule has 1 aliphatic carbocycles. The Bertz CT molecular complexity index is 247. The second kappa shape index (κ2) is 5.20. The van der Waals surface area contributed by atoms with Crippen LogP contribution in [-0.2, 0) is 9.53 Å². The standard InChI is InChI=1S/C14H26O2/c1-6-14(16-12(5)15)9-13(10(2)3)8-7-11(14)4/h10-11,13H,6-9H2,1-5H3. The Morgan fingerprint density at radius 1 is 1.44 bits per heavy atom. The van der Waals surface area contributed by atoms with E-state index in [1.54, 1.807) is 0 Å². The van der Waals surface area contributed by atoms with Crippen molar-refractivity contribution in [3.05, 3.63) is 0 Å². The third-order valence-corrected chi connectivity index (χ3v) is 4.36. The molecule has 0 N–H and O–H groups in total. The summed E-state index contributed by atoms with van der Waals surface area (Å²) in [5, 5.41) is 0. The van der Waals surface area contributed by atoms with Gasteiger partial charge in [-0.1, -0.05) is 27.7 Å². The molecule has 0 aromatic rings. The Hall–Kier alpha value is -0.530. The van der Waals surface area contributed by atoms with Crippen molar-refractivity contribution >= 4 is 5.97 Å². The van der Waals surface area contributed by atoms with Crippen LogP contribution in [0.15, 0.2) is 0 Å². The van der Waals surface area contributed by atoms with Gasteiger partial charge < -0.3 is 4.74 Å². The molecular formula is C14H26O2. The summed E-state index contributed by atoms with van der Waals surface area (Å²) in [6.45, 7) is 10.4. The maximum Gasteiger partial charge on any atom is 0.303 e. The minimum atomic E-state index is -0.195. The zero-order chi connectivity index (χ0) is 12.3. The fraction of sp³-hybridized carbons (Fsp3) is 0.929. The Kier molecular flexibility index (Phi) is 4.40. The van der Waals surface area contributed by atoms with Gasteiger partial charge in [-0.15, -0.1) is 0 Å². The summed E-state index contributed by atoms with van der Waals surface area (Å²) >= 11 is 0. The Morgan fingerprint density at radius 2 is 2.06 bits per heavy atom. The first kappa shape index (κ1) is 13.5. The van der Waals surface area contributed by atoms with Gasteiger partial charge in [0, 0.05) is 6.92 Å². The van der Waals surface area contributed by atoms with E-state index in [0.717, 1.165) is 12.8 Å². The molecule has 0 radical (unpaired) electrons. The van der Waals surface area contributed by atoms with Gasteiger partial charge in [-0.2, -0.15) is 0 Å². The highest BCUT2D eigenvalue weighted by Crippen LogP contribution is 2.44. The Morgan fingerprint density at radius 3 is 2.50 bits per heavy atom. The first-order chi connectivity index (χ1) is 7.41. The van der Waals surface area contributed by atoms with Crippen LogP contribution in [0.25, 0.3) is 0 Å². The summed E-state index contributed by atoms with van der Waals surface area (Å²) < 4.78 is 5.68. The molecule has 16 heavy (non-hydrogen) atoms. The molecule has 2 heteroatoms. The molecule has 0 saturated heterocycles. The SMILES string of the molecule is CCC1(OC(C)=O)CC(C(C)C)CCC1C. The molecule has 2 nitrogen and oxygen atoms in total. The summed E-state index contributed by atoms with van der Waals surface area (Å²) in [6, 6.07) is 0. The molecule has 0 aliphatic heterocycles.